The van der Waals surface area contributed by atoms with Gasteiger partial charge in [0.15, 0.2) is 0 Å². The minimum absolute atomic E-state index is 0.281. The van der Waals surface area contributed by atoms with Crippen LogP contribution in [0.2, 0.25) is 0 Å². The van der Waals surface area contributed by atoms with Crippen molar-refractivity contribution in [2.24, 2.45) is 7.05 Å². The minimum Gasteiger partial charge on any atom is -0.353 e. The highest BCUT2D eigenvalue weighted by atomic mass is 32.1. The average Bonchev–Trinajstić information content (AvgIpc) is 3.26. The van der Waals surface area contributed by atoms with Crippen LogP contribution in [0.15, 0.2) is 29.8 Å². The van der Waals surface area contributed by atoms with Crippen LogP contribution >= 0.6 is 11.3 Å². The number of hydrogen-bond donors (Lipinski definition) is 0. The number of hydrogen-bond acceptors (Lipinski definition) is 3. The zero-order valence-electron chi connectivity index (χ0n) is 13.6. The number of rotatable bonds is 3. The Balaban J connectivity index is 1.43. The number of fused-ring (bicyclic) bond motifs is 1. The lowest BCUT2D eigenvalue weighted by atomic mass is 10.1. The molecule has 2 aliphatic heterocycles. The molecular weight excluding hydrogens is 306 g/mol. The van der Waals surface area contributed by atoms with Crippen molar-refractivity contribution in [1.82, 2.24) is 14.4 Å². The maximum atomic E-state index is 12.8. The zero-order valence-corrected chi connectivity index (χ0v) is 14.4. The smallest absolute Gasteiger partial charge is 0.237 e. The summed E-state index contributed by atoms with van der Waals surface area (Å²) in [6, 6.07) is 6.84. The van der Waals surface area contributed by atoms with Crippen molar-refractivity contribution in [3.05, 3.63) is 45.9 Å². The van der Waals surface area contributed by atoms with Gasteiger partial charge < -0.3 is 9.47 Å². The Kier molecular flexibility index (Phi) is 3.99. The number of aromatic nitrogens is 1. The quantitative estimate of drug-likeness (QED) is 0.866. The molecule has 0 unspecified atom stereocenters. The topological polar surface area (TPSA) is 28.5 Å². The van der Waals surface area contributed by atoms with Crippen molar-refractivity contribution in [3.63, 3.8) is 0 Å². The summed E-state index contributed by atoms with van der Waals surface area (Å²) in [5, 5.41) is 2.14. The normalized spacial score (nSPS) is 21.6. The molecule has 2 aromatic rings. The highest BCUT2D eigenvalue weighted by Crippen LogP contribution is 2.32. The Morgan fingerprint density at radius 2 is 2.26 bits per heavy atom. The number of thiophene rings is 1. The SMILES string of the molecule is Cn1cccc1[C@@H]1CCCN1CC(=O)N1CCc2sccc2C1. The van der Waals surface area contributed by atoms with E-state index in [9.17, 15) is 4.79 Å². The number of aryl methyl sites for hydroxylation is 1. The summed E-state index contributed by atoms with van der Waals surface area (Å²) < 4.78 is 2.19. The molecule has 2 aliphatic rings. The second-order valence-corrected chi connectivity index (χ2v) is 7.61. The lowest BCUT2D eigenvalue weighted by molar-refractivity contribution is -0.133. The molecule has 23 heavy (non-hydrogen) atoms. The van der Waals surface area contributed by atoms with E-state index in [4.69, 9.17) is 0 Å². The van der Waals surface area contributed by atoms with E-state index in [2.05, 4.69) is 46.3 Å². The summed E-state index contributed by atoms with van der Waals surface area (Å²) in [5.41, 5.74) is 2.67. The Morgan fingerprint density at radius 3 is 3.09 bits per heavy atom. The van der Waals surface area contributed by atoms with Crippen molar-refractivity contribution < 1.29 is 4.79 Å². The largest absolute Gasteiger partial charge is 0.353 e. The average molecular weight is 329 g/mol. The van der Waals surface area contributed by atoms with E-state index >= 15 is 0 Å². The first-order chi connectivity index (χ1) is 11.2. The van der Waals surface area contributed by atoms with Crippen LogP contribution in [0.4, 0.5) is 0 Å². The molecule has 1 amide bonds. The van der Waals surface area contributed by atoms with E-state index in [1.165, 1.54) is 22.6 Å². The maximum absolute atomic E-state index is 12.8. The highest BCUT2D eigenvalue weighted by Gasteiger charge is 2.31. The molecule has 4 heterocycles. The standard InChI is InChI=1S/C18H23N3OS/c1-19-8-2-4-15(19)16-5-3-9-20(16)13-18(22)21-10-6-17-14(12-21)7-11-23-17/h2,4,7-8,11,16H,3,5-6,9-10,12-13H2,1H3/t16-/m0/s1. The second-order valence-electron chi connectivity index (χ2n) is 6.61. The molecule has 122 valence electrons. The molecule has 0 radical (unpaired) electrons. The predicted molar refractivity (Wildman–Crippen MR) is 92.4 cm³/mol. The molecule has 4 rings (SSSR count). The number of nitrogens with zero attached hydrogens (tertiary/aromatic N) is 3. The van der Waals surface area contributed by atoms with E-state index in [1.54, 1.807) is 0 Å². The highest BCUT2D eigenvalue weighted by molar-refractivity contribution is 7.10. The molecule has 0 bridgehead atoms. The lowest BCUT2D eigenvalue weighted by Gasteiger charge is -2.31. The van der Waals surface area contributed by atoms with Crippen molar-refractivity contribution in [2.75, 3.05) is 19.6 Å². The number of carbonyl (C=O) groups excluding carboxylic acids is 1. The number of carbonyl (C=O) groups is 1. The number of likely N-dealkylation sites (tertiary alicyclic amines) is 1. The van der Waals surface area contributed by atoms with E-state index in [-0.39, 0.29) is 5.91 Å². The summed E-state index contributed by atoms with van der Waals surface area (Å²) in [7, 11) is 2.09. The van der Waals surface area contributed by atoms with Crippen molar-refractivity contribution >= 4 is 17.2 Å². The van der Waals surface area contributed by atoms with Crippen molar-refractivity contribution in [3.8, 4) is 0 Å². The molecule has 2 aromatic heterocycles. The summed E-state index contributed by atoms with van der Waals surface area (Å²) in [4.78, 5) is 18.6. The Bertz CT molecular complexity index is 705. The monoisotopic (exact) mass is 329 g/mol. The van der Waals surface area contributed by atoms with E-state index in [0.717, 1.165) is 32.5 Å². The van der Waals surface area contributed by atoms with Gasteiger partial charge in [-0.25, -0.2) is 0 Å². The maximum Gasteiger partial charge on any atom is 0.237 e. The Hall–Kier alpha value is -1.59. The fourth-order valence-corrected chi connectivity index (χ4v) is 4.80. The third-order valence-corrected chi connectivity index (χ3v) is 6.21. The molecule has 0 spiro atoms. The summed E-state index contributed by atoms with van der Waals surface area (Å²) in [6.07, 6.45) is 5.44. The third-order valence-electron chi connectivity index (χ3n) is 5.19. The fraction of sp³-hybridized carbons (Fsp3) is 0.500. The fourth-order valence-electron chi connectivity index (χ4n) is 3.91. The van der Waals surface area contributed by atoms with E-state index in [0.29, 0.717) is 12.6 Å². The van der Waals surface area contributed by atoms with Gasteiger partial charge in [0, 0.05) is 36.9 Å². The van der Waals surface area contributed by atoms with Crippen LogP contribution in [-0.4, -0.2) is 39.9 Å². The minimum atomic E-state index is 0.281. The summed E-state index contributed by atoms with van der Waals surface area (Å²) >= 11 is 1.82. The first kappa shape index (κ1) is 15.0. The molecule has 0 N–H and O–H groups in total. The molecule has 0 aliphatic carbocycles. The van der Waals surface area contributed by atoms with E-state index in [1.807, 2.05) is 16.2 Å². The van der Waals surface area contributed by atoms with Crippen molar-refractivity contribution in [2.45, 2.75) is 31.8 Å². The van der Waals surface area contributed by atoms with E-state index < -0.39 is 0 Å². The first-order valence-corrected chi connectivity index (χ1v) is 9.28. The van der Waals surface area contributed by atoms with Crippen LogP contribution in [0.3, 0.4) is 0 Å². The van der Waals surface area contributed by atoms with Gasteiger partial charge in [-0.1, -0.05) is 0 Å². The van der Waals surface area contributed by atoms with Gasteiger partial charge in [0.05, 0.1) is 12.6 Å². The molecule has 1 atom stereocenters. The first-order valence-electron chi connectivity index (χ1n) is 8.40. The summed E-state index contributed by atoms with van der Waals surface area (Å²) in [5.74, 6) is 0.281. The van der Waals surface area contributed by atoms with Crippen LogP contribution in [-0.2, 0) is 24.8 Å². The molecule has 1 fully saturated rings. The van der Waals surface area contributed by atoms with Gasteiger partial charge in [0.2, 0.25) is 5.91 Å². The van der Waals surface area contributed by atoms with Crippen LogP contribution < -0.4 is 0 Å². The molecule has 1 saturated heterocycles. The summed E-state index contributed by atoms with van der Waals surface area (Å²) in [6.45, 7) is 3.24. The number of amides is 1. The molecule has 4 nitrogen and oxygen atoms in total. The lowest BCUT2D eigenvalue weighted by Crippen LogP contribution is -2.42. The third kappa shape index (κ3) is 2.83. The molecule has 0 aromatic carbocycles. The molecular formula is C18H23N3OS. The Labute approximate surface area is 141 Å². The van der Waals surface area contributed by atoms with Gasteiger partial charge in [-0.2, -0.15) is 0 Å². The van der Waals surface area contributed by atoms with Crippen LogP contribution in [0.25, 0.3) is 0 Å². The predicted octanol–water partition coefficient (Wildman–Crippen LogP) is 2.81. The van der Waals surface area contributed by atoms with Gasteiger partial charge >= 0.3 is 0 Å². The van der Waals surface area contributed by atoms with Gasteiger partial charge in [-0.05, 0) is 54.9 Å². The van der Waals surface area contributed by atoms with Crippen LogP contribution in [0, 0.1) is 0 Å². The Morgan fingerprint density at radius 1 is 1.35 bits per heavy atom. The second kappa shape index (κ2) is 6.13. The van der Waals surface area contributed by atoms with Gasteiger partial charge in [0.25, 0.3) is 0 Å². The van der Waals surface area contributed by atoms with Crippen molar-refractivity contribution in [1.29, 1.82) is 0 Å². The molecule has 5 heteroatoms. The van der Waals surface area contributed by atoms with Gasteiger partial charge in [0.1, 0.15) is 0 Å². The van der Waals surface area contributed by atoms with Crippen LogP contribution in [0.5, 0.6) is 0 Å². The van der Waals surface area contributed by atoms with Gasteiger partial charge in [-0.15, -0.1) is 11.3 Å². The van der Waals surface area contributed by atoms with Crippen LogP contribution in [0.1, 0.15) is 35.0 Å². The van der Waals surface area contributed by atoms with Gasteiger partial charge in [-0.3, -0.25) is 9.69 Å². The molecule has 0 saturated carbocycles. The zero-order chi connectivity index (χ0) is 15.8.